The van der Waals surface area contributed by atoms with Crippen molar-refractivity contribution in [3.63, 3.8) is 0 Å². The monoisotopic (exact) mass is 196 g/mol. The lowest BCUT2D eigenvalue weighted by atomic mass is 9.90. The van der Waals surface area contributed by atoms with Crippen LogP contribution in [0.25, 0.3) is 0 Å². The van der Waals surface area contributed by atoms with Crippen LogP contribution in [-0.2, 0) is 0 Å². The van der Waals surface area contributed by atoms with E-state index in [0.29, 0.717) is 11.6 Å². The summed E-state index contributed by atoms with van der Waals surface area (Å²) >= 11 is 0. The van der Waals surface area contributed by atoms with Crippen molar-refractivity contribution in [3.05, 3.63) is 0 Å². The fourth-order valence-corrected chi connectivity index (χ4v) is 3.31. The molecule has 14 heavy (non-hydrogen) atoms. The van der Waals surface area contributed by atoms with E-state index in [-0.39, 0.29) is 0 Å². The standard InChI is InChI=1S/C12H24N2/c1-4-12(3,5-2)14-8-9-6-10(14)7-11(9)13/h9-11H,4-8,13H2,1-3H3. The second-order valence-corrected chi connectivity index (χ2v) is 5.41. The number of hydrogen-bond donors (Lipinski definition) is 1. The van der Waals surface area contributed by atoms with Crippen LogP contribution in [0.2, 0.25) is 0 Å². The molecule has 1 aliphatic heterocycles. The third-order valence-electron chi connectivity index (χ3n) is 4.81. The number of hydrogen-bond acceptors (Lipinski definition) is 2. The predicted octanol–water partition coefficient (Wildman–Crippen LogP) is 1.99. The van der Waals surface area contributed by atoms with E-state index in [1.165, 1.54) is 32.2 Å². The molecule has 0 aromatic heterocycles. The van der Waals surface area contributed by atoms with E-state index in [2.05, 4.69) is 25.7 Å². The number of nitrogens with two attached hydrogens (primary N) is 1. The molecule has 3 atom stereocenters. The van der Waals surface area contributed by atoms with Crippen molar-refractivity contribution in [3.8, 4) is 0 Å². The van der Waals surface area contributed by atoms with Crippen molar-refractivity contribution >= 4 is 0 Å². The normalized spacial score (nSPS) is 38.1. The first-order valence-electron chi connectivity index (χ1n) is 6.13. The highest BCUT2D eigenvalue weighted by atomic mass is 15.3. The summed E-state index contributed by atoms with van der Waals surface area (Å²) in [4.78, 5) is 2.74. The summed E-state index contributed by atoms with van der Waals surface area (Å²) in [5.41, 5.74) is 6.51. The molecule has 1 saturated heterocycles. The molecule has 2 N–H and O–H groups in total. The van der Waals surface area contributed by atoms with E-state index in [9.17, 15) is 0 Å². The van der Waals surface area contributed by atoms with Crippen LogP contribution in [0.5, 0.6) is 0 Å². The van der Waals surface area contributed by atoms with Gasteiger partial charge in [-0.15, -0.1) is 0 Å². The average Bonchev–Trinajstić information content (AvgIpc) is 2.75. The van der Waals surface area contributed by atoms with Crippen LogP contribution in [0.4, 0.5) is 0 Å². The summed E-state index contributed by atoms with van der Waals surface area (Å²) in [5, 5.41) is 0. The SMILES string of the molecule is CCC(C)(CC)N1CC2CC1CC2N. The Hall–Kier alpha value is -0.0800. The van der Waals surface area contributed by atoms with Crippen molar-refractivity contribution < 1.29 is 0 Å². The highest BCUT2D eigenvalue weighted by molar-refractivity contribution is 5.04. The smallest absolute Gasteiger partial charge is 0.0179 e. The highest BCUT2D eigenvalue weighted by Crippen LogP contribution is 2.42. The van der Waals surface area contributed by atoms with E-state index in [0.717, 1.165) is 12.0 Å². The molecule has 2 rings (SSSR count). The van der Waals surface area contributed by atoms with Gasteiger partial charge in [-0.1, -0.05) is 13.8 Å². The molecular formula is C12H24N2. The molecule has 2 fully saturated rings. The van der Waals surface area contributed by atoms with Gasteiger partial charge in [0, 0.05) is 24.2 Å². The van der Waals surface area contributed by atoms with Crippen molar-refractivity contribution in [2.45, 2.75) is 64.1 Å². The minimum Gasteiger partial charge on any atom is -0.327 e. The maximum Gasteiger partial charge on any atom is 0.0179 e. The Kier molecular flexibility index (Phi) is 2.61. The molecule has 1 aliphatic carbocycles. The average molecular weight is 196 g/mol. The molecule has 2 nitrogen and oxygen atoms in total. The van der Waals surface area contributed by atoms with Gasteiger partial charge in [-0.3, -0.25) is 4.90 Å². The topological polar surface area (TPSA) is 29.3 Å². The quantitative estimate of drug-likeness (QED) is 0.748. The second-order valence-electron chi connectivity index (χ2n) is 5.41. The number of nitrogens with zero attached hydrogens (tertiary/aromatic N) is 1. The summed E-state index contributed by atoms with van der Waals surface area (Å²) in [6.45, 7) is 8.30. The Morgan fingerprint density at radius 3 is 2.29 bits per heavy atom. The molecular weight excluding hydrogens is 172 g/mol. The first-order chi connectivity index (χ1) is 6.60. The number of likely N-dealkylation sites (tertiary alicyclic amines) is 1. The minimum atomic E-state index is 0.430. The van der Waals surface area contributed by atoms with Gasteiger partial charge >= 0.3 is 0 Å². The summed E-state index contributed by atoms with van der Waals surface area (Å²) in [6, 6.07) is 1.29. The van der Waals surface area contributed by atoms with Gasteiger partial charge in [0.2, 0.25) is 0 Å². The molecule has 82 valence electrons. The molecule has 2 bridgehead atoms. The van der Waals surface area contributed by atoms with Crippen molar-refractivity contribution in [1.29, 1.82) is 0 Å². The molecule has 2 heteroatoms. The van der Waals surface area contributed by atoms with Crippen molar-refractivity contribution in [2.75, 3.05) is 6.54 Å². The van der Waals surface area contributed by atoms with Crippen LogP contribution in [0.15, 0.2) is 0 Å². The molecule has 0 aromatic rings. The Morgan fingerprint density at radius 2 is 1.93 bits per heavy atom. The van der Waals surface area contributed by atoms with Crippen LogP contribution in [0, 0.1) is 5.92 Å². The maximum absolute atomic E-state index is 6.08. The highest BCUT2D eigenvalue weighted by Gasteiger charge is 2.47. The molecule has 1 heterocycles. The number of fused-ring (bicyclic) bond motifs is 2. The Balaban J connectivity index is 2.08. The van der Waals surface area contributed by atoms with Crippen LogP contribution in [0.1, 0.15) is 46.5 Å². The molecule has 3 unspecified atom stereocenters. The Bertz CT molecular complexity index is 208. The van der Waals surface area contributed by atoms with E-state index < -0.39 is 0 Å². The van der Waals surface area contributed by atoms with Crippen LogP contribution < -0.4 is 5.73 Å². The van der Waals surface area contributed by atoms with Gasteiger partial charge in [0.05, 0.1) is 0 Å². The minimum absolute atomic E-state index is 0.430. The Labute approximate surface area is 87.8 Å². The first-order valence-corrected chi connectivity index (χ1v) is 6.13. The molecule has 0 spiro atoms. The maximum atomic E-state index is 6.08. The third-order valence-corrected chi connectivity index (χ3v) is 4.81. The fourth-order valence-electron chi connectivity index (χ4n) is 3.31. The molecule has 0 radical (unpaired) electrons. The van der Waals surface area contributed by atoms with Crippen LogP contribution in [-0.4, -0.2) is 29.1 Å². The van der Waals surface area contributed by atoms with E-state index >= 15 is 0 Å². The lowest BCUT2D eigenvalue weighted by Gasteiger charge is -2.44. The second kappa shape index (κ2) is 3.49. The molecule has 0 amide bonds. The van der Waals surface area contributed by atoms with Crippen molar-refractivity contribution in [1.82, 2.24) is 4.90 Å². The Morgan fingerprint density at radius 1 is 1.29 bits per heavy atom. The fraction of sp³-hybridized carbons (Fsp3) is 1.00. The zero-order valence-electron chi connectivity index (χ0n) is 9.79. The number of piperidine rings is 1. The summed E-state index contributed by atoms with van der Waals surface area (Å²) in [6.07, 6.45) is 5.13. The van der Waals surface area contributed by atoms with Gasteiger partial charge in [0.15, 0.2) is 0 Å². The zero-order chi connectivity index (χ0) is 10.3. The van der Waals surface area contributed by atoms with Gasteiger partial charge in [-0.2, -0.15) is 0 Å². The van der Waals surface area contributed by atoms with E-state index in [1.807, 2.05) is 0 Å². The lowest BCUT2D eigenvalue weighted by Crippen LogP contribution is -2.52. The van der Waals surface area contributed by atoms with Gasteiger partial charge in [-0.25, -0.2) is 0 Å². The molecule has 0 aromatic carbocycles. The zero-order valence-corrected chi connectivity index (χ0v) is 9.79. The van der Waals surface area contributed by atoms with Gasteiger partial charge < -0.3 is 5.73 Å². The van der Waals surface area contributed by atoms with Gasteiger partial charge in [-0.05, 0) is 38.5 Å². The van der Waals surface area contributed by atoms with Crippen LogP contribution >= 0.6 is 0 Å². The first kappa shape index (κ1) is 10.4. The third kappa shape index (κ3) is 1.40. The van der Waals surface area contributed by atoms with Crippen LogP contribution in [0.3, 0.4) is 0 Å². The number of rotatable bonds is 3. The van der Waals surface area contributed by atoms with Gasteiger partial charge in [0.1, 0.15) is 0 Å². The lowest BCUT2D eigenvalue weighted by molar-refractivity contribution is 0.0568. The van der Waals surface area contributed by atoms with E-state index in [1.54, 1.807) is 0 Å². The summed E-state index contributed by atoms with van der Waals surface area (Å²) < 4.78 is 0. The molecule has 2 aliphatic rings. The molecule has 1 saturated carbocycles. The van der Waals surface area contributed by atoms with Crippen molar-refractivity contribution in [2.24, 2.45) is 11.7 Å². The largest absolute Gasteiger partial charge is 0.327 e. The van der Waals surface area contributed by atoms with Gasteiger partial charge in [0.25, 0.3) is 0 Å². The predicted molar refractivity (Wildman–Crippen MR) is 60.2 cm³/mol. The van der Waals surface area contributed by atoms with E-state index in [4.69, 9.17) is 5.73 Å². The summed E-state index contributed by atoms with van der Waals surface area (Å²) in [7, 11) is 0. The summed E-state index contributed by atoms with van der Waals surface area (Å²) in [5.74, 6) is 0.789.